The Kier molecular flexibility index (Phi) is 4.83. The maximum atomic E-state index is 13.2. The van der Waals surface area contributed by atoms with Crippen molar-refractivity contribution < 1.29 is 4.39 Å². The van der Waals surface area contributed by atoms with Gasteiger partial charge in [0.25, 0.3) is 0 Å². The maximum Gasteiger partial charge on any atom is 0.124 e. The molecule has 0 radical (unpaired) electrons. The number of nitrogens with zero attached hydrogens (tertiary/aromatic N) is 2. The minimum Gasteiger partial charge on any atom is -0.320 e. The molecule has 0 aliphatic carbocycles. The summed E-state index contributed by atoms with van der Waals surface area (Å²) in [4.78, 5) is 7.09. The summed E-state index contributed by atoms with van der Waals surface area (Å²) in [6.07, 6.45) is 3.84. The Hall–Kier alpha value is -1.04. The minimum atomic E-state index is -0.178. The first-order valence-electron chi connectivity index (χ1n) is 7.66. The fraction of sp³-hybridized carbons (Fsp3) is 0.562. The molecular weight excluding hydrogens is 285 g/mol. The van der Waals surface area contributed by atoms with Gasteiger partial charge in [-0.25, -0.2) is 9.37 Å². The summed E-state index contributed by atoms with van der Waals surface area (Å²) in [5.74, 6) is 0.682. The van der Waals surface area contributed by atoms with Crippen LogP contribution in [-0.4, -0.2) is 36.6 Å². The maximum absolute atomic E-state index is 13.2. The Bertz CT molecular complexity index is 590. The Morgan fingerprint density at radius 1 is 1.38 bits per heavy atom. The third-order valence-electron chi connectivity index (χ3n) is 4.26. The van der Waals surface area contributed by atoms with E-state index >= 15 is 0 Å². The summed E-state index contributed by atoms with van der Waals surface area (Å²) in [6.45, 7) is 4.32. The molecule has 1 saturated heterocycles. The predicted octanol–water partition coefficient (Wildman–Crippen LogP) is 3.26. The minimum absolute atomic E-state index is 0.178. The molecule has 1 N–H and O–H groups in total. The fourth-order valence-corrected chi connectivity index (χ4v) is 4.02. The molecule has 0 bridgehead atoms. The molecule has 2 heterocycles. The molecule has 0 spiro atoms. The number of aromatic nitrogens is 1. The van der Waals surface area contributed by atoms with Crippen LogP contribution in [0.5, 0.6) is 0 Å². The van der Waals surface area contributed by atoms with Crippen LogP contribution < -0.4 is 5.32 Å². The standard InChI is InChI=1S/C16H22FN3S/c1-18-7-4-12-5-8-20(9-6-12)11-16-19-14-3-2-13(17)10-15(14)21-16/h2-3,10,12,18H,4-9,11H2,1H3. The van der Waals surface area contributed by atoms with Crippen LogP contribution in [0.25, 0.3) is 10.2 Å². The third-order valence-corrected chi connectivity index (χ3v) is 5.27. The summed E-state index contributed by atoms with van der Waals surface area (Å²) in [7, 11) is 2.02. The number of piperidine rings is 1. The number of thiazole rings is 1. The van der Waals surface area contributed by atoms with E-state index < -0.39 is 0 Å². The van der Waals surface area contributed by atoms with Crippen molar-refractivity contribution in [2.45, 2.75) is 25.8 Å². The van der Waals surface area contributed by atoms with Crippen molar-refractivity contribution in [3.05, 3.63) is 29.0 Å². The van der Waals surface area contributed by atoms with Crippen LogP contribution in [-0.2, 0) is 6.54 Å². The van der Waals surface area contributed by atoms with E-state index in [9.17, 15) is 4.39 Å². The summed E-state index contributed by atoms with van der Waals surface area (Å²) in [6, 6.07) is 4.84. The quantitative estimate of drug-likeness (QED) is 0.919. The van der Waals surface area contributed by atoms with Crippen molar-refractivity contribution >= 4 is 21.6 Å². The molecule has 0 saturated carbocycles. The van der Waals surface area contributed by atoms with E-state index in [0.29, 0.717) is 0 Å². The van der Waals surface area contributed by atoms with Gasteiger partial charge in [0.05, 0.1) is 16.8 Å². The van der Waals surface area contributed by atoms with Crippen LogP contribution in [0.15, 0.2) is 18.2 Å². The van der Waals surface area contributed by atoms with Gasteiger partial charge in [0.1, 0.15) is 10.8 Å². The molecule has 21 heavy (non-hydrogen) atoms. The average molecular weight is 307 g/mol. The van der Waals surface area contributed by atoms with Crippen LogP contribution in [0.4, 0.5) is 4.39 Å². The topological polar surface area (TPSA) is 28.2 Å². The fourth-order valence-electron chi connectivity index (χ4n) is 2.99. The zero-order valence-electron chi connectivity index (χ0n) is 12.4. The highest BCUT2D eigenvalue weighted by Crippen LogP contribution is 2.26. The van der Waals surface area contributed by atoms with Crippen molar-refractivity contribution in [2.24, 2.45) is 5.92 Å². The lowest BCUT2D eigenvalue weighted by Gasteiger charge is -2.31. The van der Waals surface area contributed by atoms with Gasteiger partial charge in [0.15, 0.2) is 0 Å². The van der Waals surface area contributed by atoms with Gasteiger partial charge in [0, 0.05) is 0 Å². The Morgan fingerprint density at radius 3 is 2.95 bits per heavy atom. The molecule has 0 atom stereocenters. The molecule has 5 heteroatoms. The van der Waals surface area contributed by atoms with Crippen LogP contribution >= 0.6 is 11.3 Å². The molecule has 3 nitrogen and oxygen atoms in total. The Labute approximate surface area is 129 Å². The molecule has 1 aliphatic heterocycles. The molecule has 3 rings (SSSR count). The van der Waals surface area contributed by atoms with E-state index in [0.717, 1.165) is 47.3 Å². The number of benzene rings is 1. The number of fused-ring (bicyclic) bond motifs is 1. The van der Waals surface area contributed by atoms with E-state index in [2.05, 4.69) is 15.2 Å². The summed E-state index contributed by atoms with van der Waals surface area (Å²) in [5, 5.41) is 4.33. The number of rotatable bonds is 5. The first-order valence-corrected chi connectivity index (χ1v) is 8.48. The molecule has 1 aliphatic rings. The van der Waals surface area contributed by atoms with Crippen LogP contribution in [0.3, 0.4) is 0 Å². The molecule has 1 aromatic heterocycles. The van der Waals surface area contributed by atoms with E-state index in [4.69, 9.17) is 0 Å². The van der Waals surface area contributed by atoms with Gasteiger partial charge in [-0.05, 0) is 70.1 Å². The molecule has 1 aromatic carbocycles. The predicted molar refractivity (Wildman–Crippen MR) is 86.1 cm³/mol. The van der Waals surface area contributed by atoms with Crippen LogP contribution in [0.2, 0.25) is 0 Å². The lowest BCUT2D eigenvalue weighted by atomic mass is 9.93. The number of hydrogen-bond acceptors (Lipinski definition) is 4. The number of halogens is 1. The summed E-state index contributed by atoms with van der Waals surface area (Å²) in [5.41, 5.74) is 0.917. The Morgan fingerprint density at radius 2 is 2.19 bits per heavy atom. The first-order chi connectivity index (χ1) is 10.2. The molecule has 2 aromatic rings. The smallest absolute Gasteiger partial charge is 0.124 e. The highest BCUT2D eigenvalue weighted by Gasteiger charge is 2.19. The van der Waals surface area contributed by atoms with Gasteiger partial charge < -0.3 is 5.32 Å². The number of nitrogens with one attached hydrogen (secondary N) is 1. The molecular formula is C16H22FN3S. The van der Waals surface area contributed by atoms with E-state index in [-0.39, 0.29) is 5.82 Å². The lowest BCUT2D eigenvalue weighted by Crippen LogP contribution is -2.34. The highest BCUT2D eigenvalue weighted by atomic mass is 32.1. The number of hydrogen-bond donors (Lipinski definition) is 1. The van der Waals surface area contributed by atoms with Gasteiger partial charge >= 0.3 is 0 Å². The monoisotopic (exact) mass is 307 g/mol. The van der Waals surface area contributed by atoms with Crippen molar-refractivity contribution in [3.63, 3.8) is 0 Å². The molecule has 1 fully saturated rings. The normalized spacial score (nSPS) is 17.6. The van der Waals surface area contributed by atoms with E-state index in [1.165, 1.54) is 25.3 Å². The van der Waals surface area contributed by atoms with Crippen molar-refractivity contribution in [1.29, 1.82) is 0 Å². The van der Waals surface area contributed by atoms with E-state index in [1.807, 2.05) is 7.05 Å². The molecule has 114 valence electrons. The SMILES string of the molecule is CNCCC1CCN(Cc2nc3ccc(F)cc3s2)CC1. The largest absolute Gasteiger partial charge is 0.320 e. The second kappa shape index (κ2) is 6.81. The zero-order valence-corrected chi connectivity index (χ0v) is 13.3. The zero-order chi connectivity index (χ0) is 14.7. The van der Waals surface area contributed by atoms with Crippen molar-refractivity contribution in [3.8, 4) is 0 Å². The van der Waals surface area contributed by atoms with Gasteiger partial charge in [-0.2, -0.15) is 0 Å². The average Bonchev–Trinajstić information content (AvgIpc) is 2.88. The highest BCUT2D eigenvalue weighted by molar-refractivity contribution is 7.18. The van der Waals surface area contributed by atoms with Crippen LogP contribution in [0.1, 0.15) is 24.3 Å². The Balaban J connectivity index is 1.56. The van der Waals surface area contributed by atoms with Gasteiger partial charge in [-0.15, -0.1) is 11.3 Å². The van der Waals surface area contributed by atoms with E-state index in [1.54, 1.807) is 23.5 Å². The third kappa shape index (κ3) is 3.78. The van der Waals surface area contributed by atoms with Gasteiger partial charge in [-0.1, -0.05) is 0 Å². The van der Waals surface area contributed by atoms with Crippen LogP contribution in [0, 0.1) is 11.7 Å². The second-order valence-electron chi connectivity index (χ2n) is 5.83. The van der Waals surface area contributed by atoms with Crippen molar-refractivity contribution in [1.82, 2.24) is 15.2 Å². The summed E-state index contributed by atoms with van der Waals surface area (Å²) < 4.78 is 14.2. The molecule has 0 amide bonds. The molecule has 0 unspecified atom stereocenters. The van der Waals surface area contributed by atoms with Crippen molar-refractivity contribution in [2.75, 3.05) is 26.7 Å². The summed E-state index contributed by atoms with van der Waals surface area (Å²) >= 11 is 1.62. The number of likely N-dealkylation sites (tertiary alicyclic amines) is 1. The lowest BCUT2D eigenvalue weighted by molar-refractivity contribution is 0.172. The van der Waals surface area contributed by atoms with Gasteiger partial charge in [-0.3, -0.25) is 4.90 Å². The van der Waals surface area contributed by atoms with Gasteiger partial charge in [0.2, 0.25) is 0 Å². The first kappa shape index (κ1) is 14.9. The second-order valence-corrected chi connectivity index (χ2v) is 6.95.